The van der Waals surface area contributed by atoms with Crippen LogP contribution in [0.5, 0.6) is 0 Å². The van der Waals surface area contributed by atoms with Crippen molar-refractivity contribution in [1.29, 1.82) is 0 Å². The summed E-state index contributed by atoms with van der Waals surface area (Å²) in [7, 11) is 2.05. The number of fused-ring (bicyclic) bond motifs is 1. The topological polar surface area (TPSA) is 40.8 Å². The van der Waals surface area contributed by atoms with Crippen LogP contribution in [0.4, 0.5) is 5.82 Å². The number of anilines is 1. The Morgan fingerprint density at radius 3 is 3.06 bits per heavy atom. The summed E-state index contributed by atoms with van der Waals surface area (Å²) in [5, 5.41) is 11.5. The number of aromatic nitrogens is 2. The van der Waals surface area contributed by atoms with Crippen LogP contribution in [0.25, 0.3) is 4.96 Å². The lowest BCUT2D eigenvalue weighted by Gasteiger charge is -2.25. The van der Waals surface area contributed by atoms with Gasteiger partial charge in [-0.1, -0.05) is 0 Å². The molecular formula is C12H19N3OS2. The van der Waals surface area contributed by atoms with E-state index in [0.717, 1.165) is 28.6 Å². The van der Waals surface area contributed by atoms with Crippen molar-refractivity contribution >= 4 is 33.9 Å². The van der Waals surface area contributed by atoms with E-state index >= 15 is 0 Å². The number of nitrogens with zero attached hydrogens (tertiary/aromatic N) is 3. The second kappa shape index (κ2) is 5.95. The smallest absolute Gasteiger partial charge is 0.195 e. The monoisotopic (exact) mass is 285 g/mol. The number of hydrogen-bond donors (Lipinski definition) is 1. The molecule has 2 heterocycles. The van der Waals surface area contributed by atoms with Gasteiger partial charge in [0.05, 0.1) is 12.3 Å². The van der Waals surface area contributed by atoms with Gasteiger partial charge in [-0.2, -0.15) is 11.8 Å². The number of aliphatic hydroxyl groups is 1. The van der Waals surface area contributed by atoms with Crippen molar-refractivity contribution in [2.45, 2.75) is 26.0 Å². The molecule has 100 valence electrons. The Hall–Kier alpha value is -0.720. The summed E-state index contributed by atoms with van der Waals surface area (Å²) in [5.41, 5.74) is 0.879. The average molecular weight is 285 g/mol. The maximum Gasteiger partial charge on any atom is 0.195 e. The van der Waals surface area contributed by atoms with E-state index in [1.54, 1.807) is 11.3 Å². The predicted octanol–water partition coefficient (Wildman–Crippen LogP) is 2.47. The highest BCUT2D eigenvalue weighted by Gasteiger charge is 2.19. The molecule has 0 aliphatic rings. The molecule has 2 rings (SSSR count). The second-order valence-corrected chi connectivity index (χ2v) is 6.20. The highest BCUT2D eigenvalue weighted by atomic mass is 32.2. The van der Waals surface area contributed by atoms with Crippen LogP contribution in [0.2, 0.25) is 0 Å². The quantitative estimate of drug-likeness (QED) is 0.885. The number of imidazole rings is 1. The number of aliphatic hydroxyl groups excluding tert-OH is 1. The third-order valence-electron chi connectivity index (χ3n) is 3.22. The first-order valence-corrected chi connectivity index (χ1v) is 8.23. The molecular weight excluding hydrogens is 266 g/mol. The van der Waals surface area contributed by atoms with Gasteiger partial charge in [0.1, 0.15) is 0 Å². The molecule has 0 saturated heterocycles. The number of thioether (sulfide) groups is 1. The lowest BCUT2D eigenvalue weighted by molar-refractivity contribution is 0.276. The van der Waals surface area contributed by atoms with Crippen molar-refractivity contribution in [2.75, 3.05) is 24.0 Å². The van der Waals surface area contributed by atoms with Crippen LogP contribution in [0, 0.1) is 0 Å². The van der Waals surface area contributed by atoms with Crippen LogP contribution in [0.15, 0.2) is 11.6 Å². The minimum atomic E-state index is 0.0207. The van der Waals surface area contributed by atoms with Crippen LogP contribution in [0.3, 0.4) is 0 Å². The van der Waals surface area contributed by atoms with Crippen molar-refractivity contribution in [1.82, 2.24) is 9.38 Å². The van der Waals surface area contributed by atoms with Crippen LogP contribution in [-0.4, -0.2) is 39.6 Å². The van der Waals surface area contributed by atoms with Gasteiger partial charge in [0.15, 0.2) is 10.8 Å². The van der Waals surface area contributed by atoms with Gasteiger partial charge in [-0.3, -0.25) is 4.40 Å². The molecule has 0 radical (unpaired) electrons. The SMILES string of the molecule is CSCCC(C)N(C)c1nc2sccn2c1CO. The van der Waals surface area contributed by atoms with Gasteiger partial charge in [0.2, 0.25) is 0 Å². The predicted molar refractivity (Wildman–Crippen MR) is 79.9 cm³/mol. The van der Waals surface area contributed by atoms with Crippen LogP contribution in [-0.2, 0) is 6.61 Å². The number of hydrogen-bond acceptors (Lipinski definition) is 5. The van der Waals surface area contributed by atoms with Gasteiger partial charge >= 0.3 is 0 Å². The summed E-state index contributed by atoms with van der Waals surface area (Å²) < 4.78 is 1.97. The molecule has 0 aliphatic carbocycles. The molecule has 0 spiro atoms. The van der Waals surface area contributed by atoms with Crippen molar-refractivity contribution in [2.24, 2.45) is 0 Å². The first kappa shape index (κ1) is 13.7. The van der Waals surface area contributed by atoms with Crippen LogP contribution < -0.4 is 4.90 Å². The summed E-state index contributed by atoms with van der Waals surface area (Å²) >= 11 is 3.45. The molecule has 18 heavy (non-hydrogen) atoms. The average Bonchev–Trinajstić information content (AvgIpc) is 2.94. The molecule has 1 unspecified atom stereocenters. The van der Waals surface area contributed by atoms with E-state index in [1.807, 2.05) is 27.7 Å². The van der Waals surface area contributed by atoms with Crippen molar-refractivity contribution in [3.63, 3.8) is 0 Å². The van der Waals surface area contributed by atoms with E-state index in [-0.39, 0.29) is 6.61 Å². The maximum atomic E-state index is 9.54. The molecule has 0 aromatic carbocycles. The fourth-order valence-corrected chi connectivity index (χ4v) is 3.25. The first-order chi connectivity index (χ1) is 8.69. The van der Waals surface area contributed by atoms with Gasteiger partial charge in [-0.25, -0.2) is 4.98 Å². The van der Waals surface area contributed by atoms with Gasteiger partial charge in [-0.15, -0.1) is 11.3 Å². The lowest BCUT2D eigenvalue weighted by Crippen LogP contribution is -2.30. The molecule has 1 atom stereocenters. The van der Waals surface area contributed by atoms with Gasteiger partial charge in [0, 0.05) is 24.7 Å². The molecule has 2 aromatic heterocycles. The third kappa shape index (κ3) is 2.50. The molecule has 0 saturated carbocycles. The van der Waals surface area contributed by atoms with Gasteiger partial charge in [-0.05, 0) is 25.4 Å². The zero-order valence-corrected chi connectivity index (χ0v) is 12.6. The largest absolute Gasteiger partial charge is 0.390 e. The van der Waals surface area contributed by atoms with Crippen molar-refractivity contribution in [3.05, 3.63) is 17.3 Å². The summed E-state index contributed by atoms with van der Waals surface area (Å²) in [5.74, 6) is 2.04. The van der Waals surface area contributed by atoms with Gasteiger partial charge in [0.25, 0.3) is 0 Å². The zero-order chi connectivity index (χ0) is 13.1. The summed E-state index contributed by atoms with van der Waals surface area (Å²) in [4.78, 5) is 7.72. The maximum absolute atomic E-state index is 9.54. The lowest BCUT2D eigenvalue weighted by atomic mass is 10.2. The van der Waals surface area contributed by atoms with Crippen molar-refractivity contribution < 1.29 is 5.11 Å². The Morgan fingerprint density at radius 2 is 2.39 bits per heavy atom. The third-order valence-corrected chi connectivity index (χ3v) is 4.63. The Balaban J connectivity index is 2.26. The van der Waals surface area contributed by atoms with Gasteiger partial charge < -0.3 is 10.0 Å². The fourth-order valence-electron chi connectivity index (χ4n) is 1.94. The van der Waals surface area contributed by atoms with E-state index in [0.29, 0.717) is 6.04 Å². The first-order valence-electron chi connectivity index (χ1n) is 5.96. The highest BCUT2D eigenvalue weighted by molar-refractivity contribution is 7.98. The van der Waals surface area contributed by atoms with E-state index in [2.05, 4.69) is 30.1 Å². The Labute approximate surface area is 116 Å². The van der Waals surface area contributed by atoms with Crippen LogP contribution >= 0.6 is 23.1 Å². The molecule has 0 fully saturated rings. The molecule has 2 aromatic rings. The molecule has 0 amide bonds. The highest BCUT2D eigenvalue weighted by Crippen LogP contribution is 2.26. The van der Waals surface area contributed by atoms with Crippen LogP contribution in [0.1, 0.15) is 19.0 Å². The normalized spacial score (nSPS) is 13.1. The number of thiazole rings is 1. The number of rotatable bonds is 6. The minimum absolute atomic E-state index is 0.0207. The standard InChI is InChI=1S/C12H19N3OS2/c1-9(4-6-17-3)14(2)11-10(8-16)15-5-7-18-12(15)13-11/h5,7,9,16H,4,6,8H2,1-3H3. The van der Waals surface area contributed by atoms with Crippen molar-refractivity contribution in [3.8, 4) is 0 Å². The summed E-state index contributed by atoms with van der Waals surface area (Å²) in [6.07, 6.45) is 5.20. The molecule has 0 bridgehead atoms. The summed E-state index contributed by atoms with van der Waals surface area (Å²) in [6, 6.07) is 0.423. The molecule has 0 aliphatic heterocycles. The second-order valence-electron chi connectivity index (χ2n) is 4.34. The molecule has 4 nitrogen and oxygen atoms in total. The van der Waals surface area contributed by atoms with E-state index in [1.165, 1.54) is 0 Å². The fraction of sp³-hybridized carbons (Fsp3) is 0.583. The van der Waals surface area contributed by atoms with E-state index in [4.69, 9.17) is 0 Å². The molecule has 1 N–H and O–H groups in total. The Bertz CT molecular complexity index is 508. The zero-order valence-electron chi connectivity index (χ0n) is 11.0. The van der Waals surface area contributed by atoms with E-state index in [9.17, 15) is 5.11 Å². The summed E-state index contributed by atoms with van der Waals surface area (Å²) in [6.45, 7) is 2.22. The minimum Gasteiger partial charge on any atom is -0.390 e. The van der Waals surface area contributed by atoms with E-state index < -0.39 is 0 Å². The Morgan fingerprint density at radius 1 is 1.61 bits per heavy atom. The Kier molecular flexibility index (Phi) is 4.53. The molecule has 6 heteroatoms.